The number of benzene rings is 3. The van der Waals surface area contributed by atoms with Crippen LogP contribution >= 0.6 is 11.6 Å². The zero-order valence-electron chi connectivity index (χ0n) is 26.0. The van der Waals surface area contributed by atoms with Gasteiger partial charge in [-0.05, 0) is 67.2 Å². The van der Waals surface area contributed by atoms with Gasteiger partial charge in [-0.25, -0.2) is 13.1 Å². The molecule has 0 radical (unpaired) electrons. The van der Waals surface area contributed by atoms with E-state index < -0.39 is 31.3 Å². The number of nitrogens with one attached hydrogen (secondary N) is 1. The first kappa shape index (κ1) is 34.2. The predicted molar refractivity (Wildman–Crippen MR) is 181 cm³/mol. The lowest BCUT2D eigenvalue weighted by molar-refractivity contribution is -0.665. The molecule has 0 aliphatic carbocycles. The Morgan fingerprint density at radius 1 is 1.06 bits per heavy atom. The summed E-state index contributed by atoms with van der Waals surface area (Å²) in [7, 11) is -7.95. The van der Waals surface area contributed by atoms with Gasteiger partial charge in [0.2, 0.25) is 28.0 Å². The number of oxazole rings is 1. The van der Waals surface area contributed by atoms with Gasteiger partial charge in [-0.2, -0.15) is 8.42 Å². The SMILES string of the molecule is CC/C(C=C1Oc2ccc(Cl)cc2N1CCCC(C)S(=O)(=O)O)=C\c1oc2ccc(-c3ccccc3)cc2[n+]1CC(=O)NS(C)(=O)=O. The van der Waals surface area contributed by atoms with Gasteiger partial charge in [-0.3, -0.25) is 9.35 Å². The third-order valence-corrected chi connectivity index (χ3v) is 9.74. The van der Waals surface area contributed by atoms with Crippen molar-refractivity contribution in [3.8, 4) is 16.9 Å². The van der Waals surface area contributed by atoms with Crippen LogP contribution < -0.4 is 18.9 Å². The summed E-state index contributed by atoms with van der Waals surface area (Å²) in [6.45, 7) is 3.46. The normalized spacial score (nSPS) is 15.1. The second-order valence-electron chi connectivity index (χ2n) is 11.3. The fourth-order valence-electron chi connectivity index (χ4n) is 5.23. The molecule has 1 unspecified atom stereocenters. The van der Waals surface area contributed by atoms with Crippen LogP contribution in [0.3, 0.4) is 0 Å². The minimum atomic E-state index is -4.16. The van der Waals surface area contributed by atoms with E-state index in [1.807, 2.05) is 65.1 Å². The zero-order chi connectivity index (χ0) is 33.9. The number of rotatable bonds is 12. The topological polar surface area (TPSA) is 147 Å². The predicted octanol–water partition coefficient (Wildman–Crippen LogP) is 5.71. The quantitative estimate of drug-likeness (QED) is 0.140. The smallest absolute Gasteiger partial charge is 0.374 e. The van der Waals surface area contributed by atoms with Crippen LogP contribution in [0.4, 0.5) is 5.69 Å². The maximum absolute atomic E-state index is 12.8. The summed E-state index contributed by atoms with van der Waals surface area (Å²) in [5, 5.41) is -0.420. The van der Waals surface area contributed by atoms with Gasteiger partial charge in [-0.15, -0.1) is 4.57 Å². The summed E-state index contributed by atoms with van der Waals surface area (Å²) in [4.78, 5) is 14.7. The van der Waals surface area contributed by atoms with Crippen LogP contribution in [-0.2, 0) is 31.5 Å². The Kier molecular flexibility index (Phi) is 10.1. The molecule has 2 N–H and O–H groups in total. The van der Waals surface area contributed by atoms with Crippen molar-refractivity contribution < 1.29 is 39.9 Å². The molecule has 47 heavy (non-hydrogen) atoms. The Morgan fingerprint density at radius 2 is 1.81 bits per heavy atom. The molecule has 1 aromatic heterocycles. The van der Waals surface area contributed by atoms with Crippen molar-refractivity contribution in [3.63, 3.8) is 0 Å². The summed E-state index contributed by atoms with van der Waals surface area (Å²) in [6.07, 6.45) is 5.70. The summed E-state index contributed by atoms with van der Waals surface area (Å²) < 4.78 is 72.2. The fourth-order valence-corrected chi connectivity index (χ4v) is 6.33. The van der Waals surface area contributed by atoms with E-state index in [9.17, 15) is 26.2 Å². The number of amides is 1. The highest BCUT2D eigenvalue weighted by molar-refractivity contribution is 7.89. The first-order chi connectivity index (χ1) is 22.2. The van der Waals surface area contributed by atoms with Crippen LogP contribution in [0.15, 0.2) is 88.7 Å². The van der Waals surface area contributed by atoms with Gasteiger partial charge in [0.25, 0.3) is 21.5 Å². The number of anilines is 1. The Hall–Kier alpha value is -4.17. The lowest BCUT2D eigenvalue weighted by Gasteiger charge is -2.19. The van der Waals surface area contributed by atoms with E-state index in [1.54, 1.807) is 34.9 Å². The van der Waals surface area contributed by atoms with Gasteiger partial charge >= 0.3 is 5.89 Å². The van der Waals surface area contributed by atoms with Gasteiger partial charge < -0.3 is 14.1 Å². The first-order valence-electron chi connectivity index (χ1n) is 14.9. The van der Waals surface area contributed by atoms with Crippen molar-refractivity contribution >= 4 is 60.5 Å². The number of allylic oxidation sites excluding steroid dienone is 2. The molecule has 5 rings (SSSR count). The molecular formula is C33H35ClN3O8S2+. The van der Waals surface area contributed by atoms with Gasteiger partial charge in [0, 0.05) is 23.7 Å². The Balaban J connectivity index is 1.54. The molecule has 0 saturated carbocycles. The molecule has 2 heterocycles. The van der Waals surface area contributed by atoms with Crippen LogP contribution in [0, 0.1) is 0 Å². The average Bonchev–Trinajstić information content (AvgIpc) is 3.51. The molecule has 1 amide bonds. The number of nitrogens with zero attached hydrogens (tertiary/aromatic N) is 2. The number of hydrogen-bond donors (Lipinski definition) is 2. The number of carbonyl (C=O) groups is 1. The molecule has 11 nitrogen and oxygen atoms in total. The fraction of sp³-hybridized carbons (Fsp3) is 0.273. The number of carbonyl (C=O) groups excluding carboxylic acids is 1. The third-order valence-electron chi connectivity index (χ3n) is 7.66. The lowest BCUT2D eigenvalue weighted by atomic mass is 10.1. The Labute approximate surface area is 278 Å². The van der Waals surface area contributed by atoms with Crippen molar-refractivity contribution in [2.75, 3.05) is 17.7 Å². The molecule has 3 aromatic carbocycles. The molecule has 0 bridgehead atoms. The molecule has 1 atom stereocenters. The van der Waals surface area contributed by atoms with Crippen LogP contribution in [0.1, 0.15) is 39.0 Å². The minimum Gasteiger partial charge on any atom is -0.439 e. The van der Waals surface area contributed by atoms with E-state index >= 15 is 0 Å². The average molecular weight is 701 g/mol. The second kappa shape index (κ2) is 13.9. The van der Waals surface area contributed by atoms with Crippen LogP contribution in [-0.4, -0.2) is 45.3 Å². The van der Waals surface area contributed by atoms with Gasteiger partial charge in [0.1, 0.15) is 0 Å². The van der Waals surface area contributed by atoms with Crippen molar-refractivity contribution in [1.82, 2.24) is 4.72 Å². The summed E-state index contributed by atoms with van der Waals surface area (Å²) in [5.74, 6) is 0.630. The first-order valence-corrected chi connectivity index (χ1v) is 18.6. The largest absolute Gasteiger partial charge is 0.439 e. The zero-order valence-corrected chi connectivity index (χ0v) is 28.4. The Morgan fingerprint density at radius 3 is 2.49 bits per heavy atom. The number of aromatic nitrogens is 1. The van der Waals surface area contributed by atoms with E-state index in [-0.39, 0.29) is 13.0 Å². The highest BCUT2D eigenvalue weighted by atomic mass is 35.5. The van der Waals surface area contributed by atoms with E-state index in [0.29, 0.717) is 58.7 Å². The number of hydrogen-bond acceptors (Lipinski definition) is 8. The van der Waals surface area contributed by atoms with Gasteiger partial charge in [-0.1, -0.05) is 54.9 Å². The number of halogens is 1. The molecule has 0 spiro atoms. The van der Waals surface area contributed by atoms with Crippen molar-refractivity contribution in [1.29, 1.82) is 0 Å². The van der Waals surface area contributed by atoms with Gasteiger partial charge in [0.05, 0.1) is 23.3 Å². The number of fused-ring (bicyclic) bond motifs is 2. The van der Waals surface area contributed by atoms with Crippen LogP contribution in [0.25, 0.3) is 28.3 Å². The van der Waals surface area contributed by atoms with E-state index in [2.05, 4.69) is 0 Å². The minimum absolute atomic E-state index is 0.231. The molecule has 1 aliphatic rings. The maximum atomic E-state index is 12.8. The standard InChI is InChI=1S/C33H34ClN3O8S2/c1-4-23(17-32-36(16-8-9-22(2)47(41,42)43)28-20-26(34)13-15-30(28)44-32)18-33-37(21-31(38)35-46(3,39)40)27-19-25(12-14-29(27)45-33)24-10-6-5-7-11-24/h5-7,10-15,17-20,22H,4,8-9,16,21H2,1-3H3,(H-,35,38,41,42,43)/p+1. The van der Waals surface area contributed by atoms with Crippen molar-refractivity contribution in [2.24, 2.45) is 0 Å². The molecule has 14 heteroatoms. The number of sulfonamides is 1. The van der Waals surface area contributed by atoms with Crippen LogP contribution in [0.2, 0.25) is 5.02 Å². The molecule has 4 aromatic rings. The molecule has 248 valence electrons. The van der Waals surface area contributed by atoms with Crippen molar-refractivity contribution in [3.05, 3.63) is 95.2 Å². The molecule has 1 aliphatic heterocycles. The third kappa shape index (κ3) is 8.41. The molecule has 0 saturated heterocycles. The van der Waals surface area contributed by atoms with Crippen molar-refractivity contribution in [2.45, 2.75) is 44.9 Å². The monoisotopic (exact) mass is 700 g/mol. The van der Waals surface area contributed by atoms with E-state index in [4.69, 9.17) is 20.8 Å². The van der Waals surface area contributed by atoms with Gasteiger partial charge in [0.15, 0.2) is 5.75 Å². The summed E-state index contributed by atoms with van der Waals surface area (Å²) in [5.41, 5.74) is 4.42. The highest BCUT2D eigenvalue weighted by Gasteiger charge is 2.29. The lowest BCUT2D eigenvalue weighted by Crippen LogP contribution is -2.45. The summed E-state index contributed by atoms with van der Waals surface area (Å²) >= 11 is 6.30. The molecular weight excluding hydrogens is 666 g/mol. The van der Waals surface area contributed by atoms with E-state index in [1.165, 1.54) is 6.92 Å². The maximum Gasteiger partial charge on any atom is 0.374 e. The Bertz CT molecular complexity index is 2090. The molecule has 0 fully saturated rings. The number of ether oxygens (including phenoxy) is 1. The second-order valence-corrected chi connectivity index (χ2v) is 15.3. The summed E-state index contributed by atoms with van der Waals surface area (Å²) in [6, 6.07) is 20.5. The van der Waals surface area contributed by atoms with Crippen LogP contribution in [0.5, 0.6) is 5.75 Å². The highest BCUT2D eigenvalue weighted by Crippen LogP contribution is 2.41. The van der Waals surface area contributed by atoms with E-state index in [0.717, 1.165) is 23.0 Å².